The number of nitrogens with zero attached hydrogens (tertiary/aromatic N) is 4. The van der Waals surface area contributed by atoms with Gasteiger partial charge in [-0.1, -0.05) is 23.4 Å². The number of benzene rings is 1. The second-order valence-electron chi connectivity index (χ2n) is 6.02. The molecule has 1 aromatic carbocycles. The summed E-state index contributed by atoms with van der Waals surface area (Å²) >= 11 is 1.52. The number of hydrogen-bond donors (Lipinski definition) is 0. The van der Waals surface area contributed by atoms with Gasteiger partial charge in [0.05, 0.1) is 15.8 Å². The van der Waals surface area contributed by atoms with Crippen LogP contribution in [0.2, 0.25) is 0 Å². The summed E-state index contributed by atoms with van der Waals surface area (Å²) in [5.74, 6) is 0.818. The van der Waals surface area contributed by atoms with Crippen LogP contribution in [0.25, 0.3) is 10.7 Å². The summed E-state index contributed by atoms with van der Waals surface area (Å²) < 4.78 is 5.21. The zero-order valence-electron chi connectivity index (χ0n) is 14.9. The molecule has 0 aliphatic rings. The summed E-state index contributed by atoms with van der Waals surface area (Å²) in [7, 11) is 1.68. The molecular weight excluding hydrogens is 368 g/mol. The standard InChI is InChI=1S/C18H18N4O4S/c1-12(13-5-3-6-14(11-13)22(24)25)21(2)17(23)9-8-16-19-18(20-26-16)15-7-4-10-27-15/h3-7,10-12H,8-9H2,1-2H3. The first-order chi connectivity index (χ1) is 13.0. The summed E-state index contributed by atoms with van der Waals surface area (Å²) in [6.07, 6.45) is 0.547. The van der Waals surface area contributed by atoms with Gasteiger partial charge in [-0.05, 0) is 23.9 Å². The van der Waals surface area contributed by atoms with Gasteiger partial charge in [-0.2, -0.15) is 4.98 Å². The molecule has 1 unspecified atom stereocenters. The molecular formula is C18H18N4O4S. The number of nitro benzene ring substituents is 1. The maximum atomic E-state index is 12.5. The number of carbonyl (C=O) groups is 1. The van der Waals surface area contributed by atoms with Crippen molar-refractivity contribution in [2.75, 3.05) is 7.05 Å². The second-order valence-corrected chi connectivity index (χ2v) is 6.97. The Morgan fingerprint density at radius 1 is 1.37 bits per heavy atom. The maximum absolute atomic E-state index is 12.5. The molecule has 1 amide bonds. The third kappa shape index (κ3) is 4.37. The molecule has 3 rings (SSSR count). The number of amides is 1. The number of carbonyl (C=O) groups excluding carboxylic acids is 1. The normalized spacial score (nSPS) is 11.9. The lowest BCUT2D eigenvalue weighted by molar-refractivity contribution is -0.384. The molecule has 2 aromatic heterocycles. The van der Waals surface area contributed by atoms with E-state index < -0.39 is 4.92 Å². The van der Waals surface area contributed by atoms with Gasteiger partial charge in [-0.3, -0.25) is 14.9 Å². The minimum Gasteiger partial charge on any atom is -0.339 e. The van der Waals surface area contributed by atoms with Crippen molar-refractivity contribution in [1.29, 1.82) is 0 Å². The first-order valence-electron chi connectivity index (χ1n) is 8.32. The molecule has 0 bridgehead atoms. The molecule has 0 saturated carbocycles. The number of aromatic nitrogens is 2. The first kappa shape index (κ1) is 18.7. The summed E-state index contributed by atoms with van der Waals surface area (Å²) in [4.78, 5) is 29.8. The third-order valence-electron chi connectivity index (χ3n) is 4.30. The Bertz CT molecular complexity index is 939. The Morgan fingerprint density at radius 2 is 2.19 bits per heavy atom. The van der Waals surface area contributed by atoms with Gasteiger partial charge in [0, 0.05) is 32.0 Å². The Kier molecular flexibility index (Phi) is 5.60. The lowest BCUT2D eigenvalue weighted by atomic mass is 10.1. The van der Waals surface area contributed by atoms with E-state index in [1.807, 2.05) is 24.4 Å². The quantitative estimate of drug-likeness (QED) is 0.451. The van der Waals surface area contributed by atoms with E-state index in [0.717, 1.165) is 4.88 Å². The topological polar surface area (TPSA) is 102 Å². The summed E-state index contributed by atoms with van der Waals surface area (Å²) in [6.45, 7) is 1.83. The van der Waals surface area contributed by atoms with Gasteiger partial charge in [-0.25, -0.2) is 0 Å². The van der Waals surface area contributed by atoms with Crippen molar-refractivity contribution in [3.8, 4) is 10.7 Å². The van der Waals surface area contributed by atoms with Crippen LogP contribution in [0, 0.1) is 10.1 Å². The molecule has 140 valence electrons. The second kappa shape index (κ2) is 8.09. The van der Waals surface area contributed by atoms with Crippen molar-refractivity contribution in [3.63, 3.8) is 0 Å². The summed E-state index contributed by atoms with van der Waals surface area (Å²) in [6, 6.07) is 9.82. The van der Waals surface area contributed by atoms with Crippen molar-refractivity contribution in [3.05, 3.63) is 63.3 Å². The van der Waals surface area contributed by atoms with Crippen LogP contribution in [-0.4, -0.2) is 32.9 Å². The highest BCUT2D eigenvalue weighted by molar-refractivity contribution is 7.13. The predicted octanol–water partition coefficient (Wildman–Crippen LogP) is 3.86. The molecule has 0 aliphatic heterocycles. The summed E-state index contributed by atoms with van der Waals surface area (Å²) in [5.41, 5.74) is 0.713. The molecule has 0 spiro atoms. The highest BCUT2D eigenvalue weighted by atomic mass is 32.1. The average molecular weight is 386 g/mol. The van der Waals surface area contributed by atoms with E-state index in [9.17, 15) is 14.9 Å². The minimum atomic E-state index is -0.446. The lowest BCUT2D eigenvalue weighted by Crippen LogP contribution is -2.29. The van der Waals surface area contributed by atoms with Crippen LogP contribution < -0.4 is 0 Å². The largest absolute Gasteiger partial charge is 0.339 e. The van der Waals surface area contributed by atoms with Gasteiger partial charge in [-0.15, -0.1) is 11.3 Å². The first-order valence-corrected chi connectivity index (χ1v) is 9.20. The minimum absolute atomic E-state index is 0.00663. The molecule has 1 atom stereocenters. The van der Waals surface area contributed by atoms with Gasteiger partial charge in [0.2, 0.25) is 17.6 Å². The maximum Gasteiger partial charge on any atom is 0.269 e. The third-order valence-corrected chi connectivity index (χ3v) is 5.17. The Morgan fingerprint density at radius 3 is 2.89 bits per heavy atom. The van der Waals surface area contributed by atoms with E-state index >= 15 is 0 Å². The number of non-ortho nitro benzene ring substituents is 1. The van der Waals surface area contributed by atoms with Gasteiger partial charge in [0.15, 0.2) is 0 Å². The van der Waals surface area contributed by atoms with Gasteiger partial charge >= 0.3 is 0 Å². The number of aryl methyl sites for hydroxylation is 1. The van der Waals surface area contributed by atoms with Crippen LogP contribution in [0.5, 0.6) is 0 Å². The SMILES string of the molecule is CC(c1cccc([N+](=O)[O-])c1)N(C)C(=O)CCc1nc(-c2cccs2)no1. The van der Waals surface area contributed by atoms with Gasteiger partial charge in [0.25, 0.3) is 5.69 Å². The molecule has 0 radical (unpaired) electrons. The van der Waals surface area contributed by atoms with Crippen molar-refractivity contribution in [2.45, 2.75) is 25.8 Å². The number of thiophene rings is 1. The van der Waals surface area contributed by atoms with Crippen molar-refractivity contribution >= 4 is 22.9 Å². The molecule has 0 aliphatic carbocycles. The monoisotopic (exact) mass is 386 g/mol. The van der Waals surface area contributed by atoms with Crippen LogP contribution in [0.3, 0.4) is 0 Å². The van der Waals surface area contributed by atoms with Gasteiger partial charge < -0.3 is 9.42 Å². The molecule has 3 aromatic rings. The van der Waals surface area contributed by atoms with Gasteiger partial charge in [0.1, 0.15) is 0 Å². The van der Waals surface area contributed by atoms with E-state index in [1.54, 1.807) is 24.1 Å². The summed E-state index contributed by atoms with van der Waals surface area (Å²) in [5, 5.41) is 16.8. The fraction of sp³-hybridized carbons (Fsp3) is 0.278. The number of nitro groups is 1. The van der Waals surface area contributed by atoms with E-state index in [4.69, 9.17) is 4.52 Å². The predicted molar refractivity (Wildman–Crippen MR) is 100 cm³/mol. The molecule has 0 N–H and O–H groups in total. The molecule has 0 fully saturated rings. The van der Waals surface area contributed by atoms with Crippen LogP contribution in [0.4, 0.5) is 5.69 Å². The van der Waals surface area contributed by atoms with Crippen LogP contribution in [0.1, 0.15) is 30.8 Å². The highest BCUT2D eigenvalue weighted by Gasteiger charge is 2.20. The van der Waals surface area contributed by atoms with E-state index in [-0.39, 0.29) is 24.1 Å². The van der Waals surface area contributed by atoms with Crippen LogP contribution >= 0.6 is 11.3 Å². The van der Waals surface area contributed by atoms with Crippen molar-refractivity contribution in [1.82, 2.24) is 15.0 Å². The smallest absolute Gasteiger partial charge is 0.269 e. The van der Waals surface area contributed by atoms with Crippen LogP contribution in [0.15, 0.2) is 46.3 Å². The van der Waals surface area contributed by atoms with E-state index in [0.29, 0.717) is 23.7 Å². The zero-order chi connectivity index (χ0) is 19.4. The fourth-order valence-corrected chi connectivity index (χ4v) is 3.24. The van der Waals surface area contributed by atoms with Crippen molar-refractivity contribution in [2.24, 2.45) is 0 Å². The molecule has 8 nitrogen and oxygen atoms in total. The number of rotatable bonds is 7. The Balaban J connectivity index is 1.60. The van der Waals surface area contributed by atoms with Crippen LogP contribution in [-0.2, 0) is 11.2 Å². The fourth-order valence-electron chi connectivity index (χ4n) is 2.59. The Hall–Kier alpha value is -3.07. The van der Waals surface area contributed by atoms with E-state index in [2.05, 4.69) is 10.1 Å². The lowest BCUT2D eigenvalue weighted by Gasteiger charge is -2.25. The molecule has 2 heterocycles. The number of hydrogen-bond acceptors (Lipinski definition) is 7. The molecule has 0 saturated heterocycles. The Labute approximate surface area is 159 Å². The molecule has 27 heavy (non-hydrogen) atoms. The highest BCUT2D eigenvalue weighted by Crippen LogP contribution is 2.24. The van der Waals surface area contributed by atoms with Crippen molar-refractivity contribution < 1.29 is 14.2 Å². The molecule has 9 heteroatoms. The van der Waals surface area contributed by atoms with E-state index in [1.165, 1.54) is 23.5 Å². The zero-order valence-corrected chi connectivity index (χ0v) is 15.7. The average Bonchev–Trinajstić information content (AvgIpc) is 3.36.